The lowest BCUT2D eigenvalue weighted by atomic mass is 10.2. The number of aromatic amines is 1. The van der Waals surface area contributed by atoms with E-state index in [1.165, 1.54) is 11.3 Å². The lowest BCUT2D eigenvalue weighted by Crippen LogP contribution is -2.35. The highest BCUT2D eigenvalue weighted by atomic mass is 32.1. The topological polar surface area (TPSA) is 105 Å². The second-order valence-corrected chi connectivity index (χ2v) is 7.84. The largest absolute Gasteiger partial charge is 0.459 e. The summed E-state index contributed by atoms with van der Waals surface area (Å²) in [5.41, 5.74) is 0.314. The number of aliphatic hydroxyl groups excluding tert-OH is 1. The van der Waals surface area contributed by atoms with Gasteiger partial charge in [0.05, 0.1) is 30.7 Å². The summed E-state index contributed by atoms with van der Waals surface area (Å²) >= 11 is 1.17. The van der Waals surface area contributed by atoms with E-state index in [1.807, 2.05) is 18.7 Å². The highest BCUT2D eigenvalue weighted by Crippen LogP contribution is 2.28. The fourth-order valence-corrected chi connectivity index (χ4v) is 3.93. The van der Waals surface area contributed by atoms with Crippen molar-refractivity contribution < 1.29 is 19.4 Å². The molecule has 0 bridgehead atoms. The van der Waals surface area contributed by atoms with Crippen molar-refractivity contribution in [2.24, 2.45) is 0 Å². The van der Waals surface area contributed by atoms with Crippen LogP contribution in [0.4, 0.5) is 0 Å². The maximum Gasteiger partial charge on any atom is 0.348 e. The number of ether oxygens (including phenoxy) is 2. The molecule has 2 heterocycles. The van der Waals surface area contributed by atoms with Crippen molar-refractivity contribution in [2.75, 3.05) is 26.3 Å². The van der Waals surface area contributed by atoms with Gasteiger partial charge in [0.25, 0.3) is 5.56 Å². The molecular formula is C19H29N3O5S. The quantitative estimate of drug-likeness (QED) is 0.577. The minimum absolute atomic E-state index is 0.236. The average Bonchev–Trinajstić information content (AvgIpc) is 2.96. The number of nitrogens with one attached hydrogen (secondary N) is 1. The molecule has 2 rings (SSSR count). The predicted molar refractivity (Wildman–Crippen MR) is 109 cm³/mol. The molecule has 9 heteroatoms. The number of carbonyl (C=O) groups is 1. The Morgan fingerprint density at radius 2 is 2.07 bits per heavy atom. The molecule has 156 valence electrons. The van der Waals surface area contributed by atoms with Crippen molar-refractivity contribution in [3.8, 4) is 0 Å². The number of H-pyrrole nitrogens is 1. The smallest absolute Gasteiger partial charge is 0.348 e. The first-order chi connectivity index (χ1) is 13.3. The third-order valence-electron chi connectivity index (χ3n) is 4.18. The van der Waals surface area contributed by atoms with E-state index in [1.54, 1.807) is 20.8 Å². The summed E-state index contributed by atoms with van der Waals surface area (Å²) in [5.74, 6) is 0.0543. The highest BCUT2D eigenvalue weighted by Gasteiger charge is 2.21. The summed E-state index contributed by atoms with van der Waals surface area (Å²) in [6, 6.07) is 0. The lowest BCUT2D eigenvalue weighted by Gasteiger charge is -2.22. The molecule has 0 aliphatic carbocycles. The van der Waals surface area contributed by atoms with Crippen LogP contribution in [-0.4, -0.2) is 64.5 Å². The minimum Gasteiger partial charge on any atom is -0.459 e. The summed E-state index contributed by atoms with van der Waals surface area (Å²) in [4.78, 5) is 35.1. The molecule has 2 aromatic rings. The Morgan fingerprint density at radius 1 is 1.36 bits per heavy atom. The molecule has 28 heavy (non-hydrogen) atoms. The number of carbonyl (C=O) groups excluding carboxylic acids is 1. The fraction of sp³-hybridized carbons (Fsp3) is 0.632. The molecule has 2 N–H and O–H groups in total. The van der Waals surface area contributed by atoms with Crippen LogP contribution in [0, 0.1) is 6.92 Å². The second-order valence-electron chi connectivity index (χ2n) is 6.84. The zero-order valence-electron chi connectivity index (χ0n) is 17.1. The molecule has 2 aromatic heterocycles. The van der Waals surface area contributed by atoms with Crippen LogP contribution in [0.25, 0.3) is 10.2 Å². The van der Waals surface area contributed by atoms with Crippen molar-refractivity contribution in [3.63, 3.8) is 0 Å². The van der Waals surface area contributed by atoms with Crippen LogP contribution >= 0.6 is 11.3 Å². The highest BCUT2D eigenvalue weighted by molar-refractivity contribution is 7.20. The molecule has 0 amide bonds. The predicted octanol–water partition coefficient (Wildman–Crippen LogP) is 2.08. The molecule has 1 atom stereocenters. The number of esters is 1. The van der Waals surface area contributed by atoms with Gasteiger partial charge < -0.3 is 19.6 Å². The third-order valence-corrected chi connectivity index (χ3v) is 5.35. The van der Waals surface area contributed by atoms with Crippen molar-refractivity contribution in [2.45, 2.75) is 53.4 Å². The van der Waals surface area contributed by atoms with E-state index in [-0.39, 0.29) is 18.3 Å². The van der Waals surface area contributed by atoms with E-state index >= 15 is 0 Å². The van der Waals surface area contributed by atoms with Gasteiger partial charge in [-0.25, -0.2) is 9.78 Å². The zero-order valence-corrected chi connectivity index (χ0v) is 17.9. The van der Waals surface area contributed by atoms with Gasteiger partial charge in [0.15, 0.2) is 0 Å². The van der Waals surface area contributed by atoms with Crippen LogP contribution in [-0.2, 0) is 16.0 Å². The first kappa shape index (κ1) is 22.5. The van der Waals surface area contributed by atoms with Gasteiger partial charge in [0.1, 0.15) is 15.5 Å². The number of hydrogen-bond acceptors (Lipinski definition) is 8. The Hall–Kier alpha value is -1.81. The molecule has 0 saturated carbocycles. The summed E-state index contributed by atoms with van der Waals surface area (Å²) in [5, 5.41) is 10.5. The van der Waals surface area contributed by atoms with E-state index in [0.717, 1.165) is 0 Å². The Morgan fingerprint density at radius 3 is 2.68 bits per heavy atom. The Bertz CT molecular complexity index is 861. The fourth-order valence-electron chi connectivity index (χ4n) is 2.85. The van der Waals surface area contributed by atoms with E-state index in [4.69, 9.17) is 9.47 Å². The summed E-state index contributed by atoms with van der Waals surface area (Å²) in [6.07, 6.45) is -0.850. The van der Waals surface area contributed by atoms with Gasteiger partial charge in [-0.3, -0.25) is 9.69 Å². The molecule has 0 spiro atoms. The third kappa shape index (κ3) is 5.60. The number of rotatable bonds is 10. The van der Waals surface area contributed by atoms with Gasteiger partial charge >= 0.3 is 5.97 Å². The minimum atomic E-state index is -0.614. The molecule has 0 aliphatic rings. The Labute approximate surface area is 168 Å². The van der Waals surface area contributed by atoms with E-state index < -0.39 is 12.1 Å². The maximum absolute atomic E-state index is 12.6. The Balaban J connectivity index is 2.24. The first-order valence-electron chi connectivity index (χ1n) is 9.48. The lowest BCUT2D eigenvalue weighted by molar-refractivity contribution is 0.0202. The first-order valence-corrected chi connectivity index (χ1v) is 10.3. The normalized spacial score (nSPS) is 12.9. The van der Waals surface area contributed by atoms with E-state index in [9.17, 15) is 14.7 Å². The molecule has 0 aromatic carbocycles. The summed E-state index contributed by atoms with van der Waals surface area (Å²) < 4.78 is 10.5. The van der Waals surface area contributed by atoms with E-state index in [0.29, 0.717) is 52.7 Å². The van der Waals surface area contributed by atoms with Gasteiger partial charge in [-0.15, -0.1) is 11.3 Å². The number of aromatic nitrogens is 2. The molecule has 0 unspecified atom stereocenters. The SMILES string of the molecule is CCOC[C@@H](O)CN(CC)Cc1nc2sc(C(=O)OC(C)C)c(C)c2c(=O)[nH]1. The summed E-state index contributed by atoms with van der Waals surface area (Å²) in [7, 11) is 0. The number of fused-ring (bicyclic) bond motifs is 1. The van der Waals surface area contributed by atoms with Gasteiger partial charge in [-0.05, 0) is 39.8 Å². The molecule has 0 radical (unpaired) electrons. The molecular weight excluding hydrogens is 382 g/mol. The van der Waals surface area contributed by atoms with E-state index in [2.05, 4.69) is 9.97 Å². The van der Waals surface area contributed by atoms with Gasteiger partial charge in [0, 0.05) is 13.2 Å². The maximum atomic E-state index is 12.6. The number of thiophene rings is 1. The molecule has 0 saturated heterocycles. The van der Waals surface area contributed by atoms with Gasteiger partial charge in [-0.1, -0.05) is 6.92 Å². The van der Waals surface area contributed by atoms with Crippen LogP contribution in [0.5, 0.6) is 0 Å². The molecule has 8 nitrogen and oxygen atoms in total. The van der Waals surface area contributed by atoms with Crippen molar-refractivity contribution in [3.05, 3.63) is 26.6 Å². The van der Waals surface area contributed by atoms with Gasteiger partial charge in [-0.2, -0.15) is 0 Å². The average molecular weight is 412 g/mol. The van der Waals surface area contributed by atoms with Crippen LogP contribution in [0.1, 0.15) is 48.8 Å². The summed E-state index contributed by atoms with van der Waals surface area (Å²) in [6.45, 7) is 11.4. The number of hydrogen-bond donors (Lipinski definition) is 2. The number of aryl methyl sites for hydroxylation is 1. The van der Waals surface area contributed by atoms with Crippen LogP contribution in [0.3, 0.4) is 0 Å². The molecule has 0 fully saturated rings. The van der Waals surface area contributed by atoms with Gasteiger partial charge in [0.2, 0.25) is 0 Å². The van der Waals surface area contributed by atoms with Crippen molar-refractivity contribution in [1.29, 1.82) is 0 Å². The van der Waals surface area contributed by atoms with Crippen molar-refractivity contribution >= 4 is 27.5 Å². The van der Waals surface area contributed by atoms with Crippen LogP contribution in [0.2, 0.25) is 0 Å². The zero-order chi connectivity index (χ0) is 20.8. The second kappa shape index (κ2) is 10.1. The number of nitrogens with zero attached hydrogens (tertiary/aromatic N) is 2. The Kier molecular flexibility index (Phi) is 8.11. The van der Waals surface area contributed by atoms with Crippen molar-refractivity contribution in [1.82, 2.24) is 14.9 Å². The molecule has 0 aliphatic heterocycles. The van der Waals surface area contributed by atoms with Crippen LogP contribution < -0.4 is 5.56 Å². The van der Waals surface area contributed by atoms with Crippen LogP contribution in [0.15, 0.2) is 4.79 Å². The number of aliphatic hydroxyl groups is 1. The standard InChI is InChI=1S/C19H29N3O5S/c1-6-22(8-13(23)10-26-7-2)9-14-20-17(24)15-12(5)16(28-18(15)21-14)19(25)27-11(3)4/h11,13,23H,6-10H2,1-5H3,(H,20,21,24)/t13-/m0/s1. The number of likely N-dealkylation sites (N-methyl/N-ethyl adjacent to an activating group) is 1. The monoisotopic (exact) mass is 411 g/mol.